The average Bonchev–Trinajstić information content (AvgIpc) is 3.34. The van der Waals surface area contributed by atoms with Gasteiger partial charge in [0.15, 0.2) is 0 Å². The maximum absolute atomic E-state index is 13.7. The minimum atomic E-state index is -1.36. The lowest BCUT2D eigenvalue weighted by atomic mass is 9.76. The molecule has 0 aliphatic carbocycles. The second-order valence-electron chi connectivity index (χ2n) is 8.88. The van der Waals surface area contributed by atoms with E-state index < -0.39 is 23.4 Å². The van der Waals surface area contributed by atoms with Gasteiger partial charge in [0, 0.05) is 28.4 Å². The van der Waals surface area contributed by atoms with E-state index in [0.29, 0.717) is 29.1 Å². The summed E-state index contributed by atoms with van der Waals surface area (Å²) in [5.74, 6) is -2.29. The van der Waals surface area contributed by atoms with Gasteiger partial charge in [0.25, 0.3) is 0 Å². The quantitative estimate of drug-likeness (QED) is 0.618. The first-order valence-corrected chi connectivity index (χ1v) is 11.2. The number of halogens is 1. The molecule has 2 aromatic carbocycles. The van der Waals surface area contributed by atoms with Gasteiger partial charge in [0.1, 0.15) is 11.3 Å². The minimum absolute atomic E-state index is 0.149. The summed E-state index contributed by atoms with van der Waals surface area (Å²) in [6.45, 7) is 3.78. The topological polar surface area (TPSA) is 98.7 Å². The van der Waals surface area contributed by atoms with E-state index in [0.717, 1.165) is 5.56 Å². The van der Waals surface area contributed by atoms with Crippen molar-refractivity contribution < 1.29 is 19.5 Å². The Morgan fingerprint density at radius 2 is 1.84 bits per heavy atom. The number of nitrogens with zero attached hydrogens (tertiary/aromatic N) is 1. The van der Waals surface area contributed by atoms with Gasteiger partial charge < -0.3 is 10.4 Å². The molecule has 0 radical (unpaired) electrons. The van der Waals surface area contributed by atoms with E-state index in [4.69, 9.17) is 11.6 Å². The fraction of sp³-hybridized carbons (Fsp3) is 0.375. The number of carbonyl (C=O) groups excluding carboxylic acids is 3. The number of anilines is 1. The van der Waals surface area contributed by atoms with Gasteiger partial charge in [0.2, 0.25) is 17.7 Å². The number of carbonyl (C=O) groups is 3. The number of phenolic OH excluding ortho intramolecular Hbond substituents is 1. The summed E-state index contributed by atoms with van der Waals surface area (Å²) in [7, 11) is 0. The van der Waals surface area contributed by atoms with Gasteiger partial charge in [-0.15, -0.1) is 0 Å². The zero-order valence-corrected chi connectivity index (χ0v) is 18.5. The molecule has 3 heterocycles. The lowest BCUT2D eigenvalue weighted by molar-refractivity contribution is -0.145. The lowest BCUT2D eigenvalue weighted by Crippen LogP contribution is -2.54. The van der Waals surface area contributed by atoms with Crippen molar-refractivity contribution >= 4 is 35.0 Å². The normalized spacial score (nSPS) is 29.4. The number of rotatable bonds is 4. The number of fused-ring (bicyclic) bond motifs is 4. The third-order valence-electron chi connectivity index (χ3n) is 7.13. The molecule has 2 aromatic rings. The molecule has 1 spiro atoms. The summed E-state index contributed by atoms with van der Waals surface area (Å²) in [6.07, 6.45) is 1.06. The molecule has 0 saturated carbocycles. The van der Waals surface area contributed by atoms with Crippen molar-refractivity contribution in [3.8, 4) is 5.75 Å². The summed E-state index contributed by atoms with van der Waals surface area (Å²) < 4.78 is 0. The van der Waals surface area contributed by atoms with E-state index in [9.17, 15) is 19.5 Å². The number of aromatic hydroxyl groups is 1. The average molecular weight is 454 g/mol. The molecule has 3 N–H and O–H groups in total. The molecule has 0 unspecified atom stereocenters. The standard InChI is InChI=1S/C24H24ClN3O4/c1-3-12(2)28-21(30)19-18(10-13-4-7-15(29)8-5-13)27-24(20(19)22(28)31)16-11-14(25)6-9-17(16)26-23(24)32/h4-9,11-12,18-20,27,29H,3,10H2,1-2H3,(H,26,32)/t12-,18+,19+,20-,24+/m0/s1. The van der Waals surface area contributed by atoms with E-state index >= 15 is 0 Å². The molecule has 8 heteroatoms. The number of phenols is 1. The van der Waals surface area contributed by atoms with Crippen molar-refractivity contribution in [3.63, 3.8) is 0 Å². The fourth-order valence-electron chi connectivity index (χ4n) is 5.47. The highest BCUT2D eigenvalue weighted by molar-refractivity contribution is 6.31. The fourth-order valence-corrected chi connectivity index (χ4v) is 5.65. The van der Waals surface area contributed by atoms with Gasteiger partial charge in [-0.2, -0.15) is 0 Å². The molecule has 0 aromatic heterocycles. The molecule has 5 atom stereocenters. The van der Waals surface area contributed by atoms with Gasteiger partial charge >= 0.3 is 0 Å². The number of hydrogen-bond donors (Lipinski definition) is 3. The van der Waals surface area contributed by atoms with Gasteiger partial charge in [0.05, 0.1) is 11.8 Å². The summed E-state index contributed by atoms with van der Waals surface area (Å²) in [4.78, 5) is 42.0. The molecule has 2 fully saturated rings. The molecule has 32 heavy (non-hydrogen) atoms. The molecular formula is C24H24ClN3O4. The van der Waals surface area contributed by atoms with Crippen LogP contribution in [0, 0.1) is 11.8 Å². The predicted octanol–water partition coefficient (Wildman–Crippen LogP) is 2.81. The first-order valence-electron chi connectivity index (χ1n) is 10.8. The van der Waals surface area contributed by atoms with Crippen molar-refractivity contribution in [1.82, 2.24) is 10.2 Å². The molecule has 5 rings (SSSR count). The van der Waals surface area contributed by atoms with Crippen LogP contribution in [0.2, 0.25) is 5.02 Å². The number of likely N-dealkylation sites (tertiary alicyclic amines) is 1. The van der Waals surface area contributed by atoms with Gasteiger partial charge in [-0.05, 0) is 55.7 Å². The third kappa shape index (κ3) is 2.81. The van der Waals surface area contributed by atoms with Crippen molar-refractivity contribution in [3.05, 3.63) is 58.6 Å². The molecule has 7 nitrogen and oxygen atoms in total. The number of nitrogens with one attached hydrogen (secondary N) is 2. The summed E-state index contributed by atoms with van der Waals surface area (Å²) in [5.41, 5.74) is 0.730. The molecule has 2 saturated heterocycles. The maximum atomic E-state index is 13.7. The molecular weight excluding hydrogens is 430 g/mol. The molecule has 3 aliphatic rings. The highest BCUT2D eigenvalue weighted by atomic mass is 35.5. The Balaban J connectivity index is 1.64. The highest BCUT2D eigenvalue weighted by Crippen LogP contribution is 2.54. The number of benzene rings is 2. The Labute approximate surface area is 190 Å². The third-order valence-corrected chi connectivity index (χ3v) is 7.37. The van der Waals surface area contributed by atoms with E-state index in [1.807, 2.05) is 13.8 Å². The smallest absolute Gasteiger partial charge is 0.250 e. The zero-order chi connectivity index (χ0) is 22.8. The van der Waals surface area contributed by atoms with Crippen molar-refractivity contribution in [1.29, 1.82) is 0 Å². The van der Waals surface area contributed by atoms with Gasteiger partial charge in [-0.1, -0.05) is 30.7 Å². The van der Waals surface area contributed by atoms with Crippen LogP contribution in [0.3, 0.4) is 0 Å². The Kier molecular flexibility index (Phi) is 4.80. The van der Waals surface area contributed by atoms with Crippen molar-refractivity contribution in [2.75, 3.05) is 5.32 Å². The van der Waals surface area contributed by atoms with Gasteiger partial charge in [-0.3, -0.25) is 24.6 Å². The maximum Gasteiger partial charge on any atom is 0.250 e. The lowest BCUT2D eigenvalue weighted by Gasteiger charge is -2.31. The van der Waals surface area contributed by atoms with Crippen LogP contribution in [-0.2, 0) is 26.3 Å². The zero-order valence-electron chi connectivity index (χ0n) is 17.8. The Bertz CT molecular complexity index is 1130. The molecule has 3 amide bonds. The molecule has 166 valence electrons. The minimum Gasteiger partial charge on any atom is -0.508 e. The highest BCUT2D eigenvalue weighted by Gasteiger charge is 2.70. The molecule has 0 bridgehead atoms. The summed E-state index contributed by atoms with van der Waals surface area (Å²) in [5, 5.41) is 16.4. The second kappa shape index (κ2) is 7.32. The largest absolute Gasteiger partial charge is 0.508 e. The van der Waals surface area contributed by atoms with Crippen LogP contribution in [0.1, 0.15) is 31.4 Å². The van der Waals surface area contributed by atoms with Crippen LogP contribution in [0.15, 0.2) is 42.5 Å². The summed E-state index contributed by atoms with van der Waals surface area (Å²) >= 11 is 6.27. The van der Waals surface area contributed by atoms with Crippen LogP contribution in [0.25, 0.3) is 0 Å². The van der Waals surface area contributed by atoms with Gasteiger partial charge in [-0.25, -0.2) is 0 Å². The molecule has 3 aliphatic heterocycles. The Morgan fingerprint density at radius 1 is 1.12 bits per heavy atom. The number of imide groups is 1. The predicted molar refractivity (Wildman–Crippen MR) is 119 cm³/mol. The van der Waals surface area contributed by atoms with E-state index in [-0.39, 0.29) is 29.5 Å². The number of amides is 3. The Hall–Kier alpha value is -2.90. The van der Waals surface area contributed by atoms with Crippen LogP contribution < -0.4 is 10.6 Å². The van der Waals surface area contributed by atoms with E-state index in [1.165, 1.54) is 4.90 Å². The van der Waals surface area contributed by atoms with Crippen molar-refractivity contribution in [2.45, 2.75) is 44.3 Å². The van der Waals surface area contributed by atoms with E-state index in [1.54, 1.807) is 42.5 Å². The second-order valence-corrected chi connectivity index (χ2v) is 9.32. The van der Waals surface area contributed by atoms with E-state index in [2.05, 4.69) is 10.6 Å². The number of hydrogen-bond acceptors (Lipinski definition) is 5. The van der Waals surface area contributed by atoms with Crippen molar-refractivity contribution in [2.24, 2.45) is 11.8 Å². The summed E-state index contributed by atoms with van der Waals surface area (Å²) in [6, 6.07) is 11.2. The van der Waals surface area contributed by atoms with Crippen LogP contribution in [-0.4, -0.2) is 39.8 Å². The first-order chi connectivity index (χ1) is 15.3. The van der Waals surface area contributed by atoms with Crippen LogP contribution in [0.4, 0.5) is 5.69 Å². The van der Waals surface area contributed by atoms with Crippen LogP contribution in [0.5, 0.6) is 5.75 Å². The SMILES string of the molecule is CC[C@H](C)N1C(=O)[C@H]2[C@@H](C1=O)[C@@]1(N[C@@H]2Cc2ccc(O)cc2)C(=O)Nc2ccc(Cl)cc21. The first kappa shape index (κ1) is 21.0. The monoisotopic (exact) mass is 453 g/mol. The van der Waals surface area contributed by atoms with Crippen LogP contribution >= 0.6 is 11.6 Å². The Morgan fingerprint density at radius 3 is 2.53 bits per heavy atom.